The summed E-state index contributed by atoms with van der Waals surface area (Å²) in [5, 5.41) is 20.9. The van der Waals surface area contributed by atoms with Gasteiger partial charge in [-0.25, -0.2) is 19.3 Å². The Morgan fingerprint density at radius 1 is 0.981 bits per heavy atom. The largest absolute Gasteiger partial charge is 0.383 e. The smallest absolute Gasteiger partial charge is 0.278 e. The second-order valence-electron chi connectivity index (χ2n) is 14.6. The van der Waals surface area contributed by atoms with Crippen molar-refractivity contribution in [2.75, 3.05) is 40.8 Å². The second kappa shape index (κ2) is 14.9. The van der Waals surface area contributed by atoms with Crippen LogP contribution in [-0.2, 0) is 28.2 Å². The molecule has 53 heavy (non-hydrogen) atoms. The number of halogens is 1. The molecule has 1 unspecified atom stereocenters. The van der Waals surface area contributed by atoms with Crippen LogP contribution in [0.15, 0.2) is 60.0 Å². The molecule has 0 bridgehead atoms. The summed E-state index contributed by atoms with van der Waals surface area (Å²) in [5.41, 5.74) is 2.85. The predicted octanol–water partition coefficient (Wildman–Crippen LogP) is 3.30. The molecule has 14 nitrogen and oxygen atoms in total. The van der Waals surface area contributed by atoms with Gasteiger partial charge in [0.05, 0.1) is 18.3 Å². The number of hydrogen-bond donors (Lipinski definition) is 4. The fraction of sp³-hybridized carbons (Fsp3) is 0.474. The number of piperazine rings is 1. The third-order valence-electron chi connectivity index (χ3n) is 11.3. The molecule has 3 aromatic heterocycles. The molecule has 2 atom stereocenters. The number of nitrogens with zero attached hydrogens (tertiary/aromatic N) is 7. The molecule has 2 aliphatic carbocycles. The van der Waals surface area contributed by atoms with Gasteiger partial charge in [0, 0.05) is 66.7 Å². The number of rotatable bonds is 10. The number of fused-ring (bicyclic) bond motifs is 2. The lowest BCUT2D eigenvalue weighted by Crippen LogP contribution is -2.55. The van der Waals surface area contributed by atoms with Gasteiger partial charge in [0.2, 0.25) is 17.8 Å². The summed E-state index contributed by atoms with van der Waals surface area (Å²) in [6.07, 6.45) is 9.89. The van der Waals surface area contributed by atoms with Crippen LogP contribution in [0.2, 0.25) is 0 Å². The standard InChI is InChI=1S/C38H45IN10O4/c1-2-17-48-36(52)29-22-40-37(45-34(29)49(48)31-13-3-24-15-16-38(53,23-39)33(24)43-31)42-26-6-10-28(11-7-26)47-20-18-46(19-21-47)27-8-4-25(5-9-27)41-30-12-14-32(50)44-35(30)51/h2-3,6-7,10-11,13,22,25,27,30,41,53H,1,4-5,8-9,12,14-21,23H2,(H,40,42,45)(H,44,50,51)/t25?,27?,30?,38-/m0/s1. The molecule has 4 aromatic rings. The van der Waals surface area contributed by atoms with Crippen LogP contribution in [0.25, 0.3) is 16.9 Å². The molecule has 8 rings (SSSR count). The van der Waals surface area contributed by atoms with Crippen molar-refractivity contribution in [3.63, 3.8) is 0 Å². The van der Waals surface area contributed by atoms with Crippen LogP contribution in [0.1, 0.15) is 56.2 Å². The Bertz CT molecular complexity index is 2080. The van der Waals surface area contributed by atoms with Gasteiger partial charge >= 0.3 is 0 Å². The van der Waals surface area contributed by atoms with E-state index in [-0.39, 0.29) is 30.0 Å². The summed E-state index contributed by atoms with van der Waals surface area (Å²) in [6, 6.07) is 12.8. The van der Waals surface area contributed by atoms with Crippen LogP contribution in [0.4, 0.5) is 17.3 Å². The molecule has 278 valence electrons. The molecule has 0 spiro atoms. The van der Waals surface area contributed by atoms with Gasteiger partial charge in [-0.05, 0) is 80.8 Å². The molecule has 4 N–H and O–H groups in total. The Balaban J connectivity index is 0.906. The molecule has 0 radical (unpaired) electrons. The molecule has 2 saturated heterocycles. The number of pyridine rings is 1. The van der Waals surface area contributed by atoms with Gasteiger partial charge in [0.15, 0.2) is 11.5 Å². The van der Waals surface area contributed by atoms with Crippen LogP contribution >= 0.6 is 22.6 Å². The van der Waals surface area contributed by atoms with Gasteiger partial charge in [0.25, 0.3) is 5.56 Å². The molecule has 2 amide bonds. The summed E-state index contributed by atoms with van der Waals surface area (Å²) in [7, 11) is 0. The number of carbonyl (C=O) groups is 2. The van der Waals surface area contributed by atoms with E-state index in [9.17, 15) is 19.5 Å². The van der Waals surface area contributed by atoms with Gasteiger partial charge in [0.1, 0.15) is 11.0 Å². The van der Waals surface area contributed by atoms with Gasteiger partial charge in [-0.1, -0.05) is 34.7 Å². The van der Waals surface area contributed by atoms with Crippen molar-refractivity contribution in [2.45, 2.75) is 81.6 Å². The van der Waals surface area contributed by atoms with E-state index in [0.717, 1.165) is 75.2 Å². The zero-order chi connectivity index (χ0) is 36.7. The van der Waals surface area contributed by atoms with Crippen molar-refractivity contribution < 1.29 is 14.7 Å². The number of aliphatic hydroxyl groups is 1. The van der Waals surface area contributed by atoms with Gasteiger partial charge < -0.3 is 20.6 Å². The maximum Gasteiger partial charge on any atom is 0.278 e. The quantitative estimate of drug-likeness (QED) is 0.0804. The van der Waals surface area contributed by atoms with E-state index in [1.54, 1.807) is 21.6 Å². The van der Waals surface area contributed by atoms with Crippen molar-refractivity contribution >= 4 is 62.8 Å². The topological polar surface area (TPSA) is 163 Å². The minimum atomic E-state index is -1.00. The van der Waals surface area contributed by atoms with E-state index in [1.807, 2.05) is 24.3 Å². The molecule has 1 aromatic carbocycles. The van der Waals surface area contributed by atoms with E-state index in [4.69, 9.17) is 9.97 Å². The summed E-state index contributed by atoms with van der Waals surface area (Å²) in [5.74, 6) is 0.506. The van der Waals surface area contributed by atoms with Gasteiger partial charge in [-0.15, -0.1) is 6.58 Å². The highest BCUT2D eigenvalue weighted by Crippen LogP contribution is 2.37. The maximum atomic E-state index is 13.5. The zero-order valence-electron chi connectivity index (χ0n) is 29.6. The first-order valence-electron chi connectivity index (χ1n) is 18.6. The van der Waals surface area contributed by atoms with Gasteiger partial charge in [-0.3, -0.25) is 24.6 Å². The van der Waals surface area contributed by atoms with E-state index >= 15 is 0 Å². The zero-order valence-corrected chi connectivity index (χ0v) is 31.8. The molecule has 3 fully saturated rings. The highest BCUT2D eigenvalue weighted by Gasteiger charge is 2.38. The number of imide groups is 1. The van der Waals surface area contributed by atoms with Crippen LogP contribution < -0.4 is 26.4 Å². The number of aryl methyl sites for hydroxylation is 1. The summed E-state index contributed by atoms with van der Waals surface area (Å²) in [4.78, 5) is 56.3. The third kappa shape index (κ3) is 7.11. The number of piperidine rings is 1. The van der Waals surface area contributed by atoms with Crippen molar-refractivity contribution in [3.05, 3.63) is 76.9 Å². The lowest BCUT2D eigenvalue weighted by Gasteiger charge is -2.43. The molecule has 5 heterocycles. The Morgan fingerprint density at radius 3 is 2.47 bits per heavy atom. The fourth-order valence-corrected chi connectivity index (χ4v) is 9.12. The normalized spacial score (nSPS) is 25.0. The number of amides is 2. The first kappa shape index (κ1) is 35.8. The SMILES string of the molecule is C=CCn1c(=O)c2cnc(Nc3ccc(N4CCN(C5CCC(NC6CCC(=O)NC6=O)CC5)CC4)cc3)nc2n1-c1ccc2c(n1)[C@@](O)(CI)CC2. The van der Waals surface area contributed by atoms with Crippen LogP contribution in [0, 0.1) is 0 Å². The lowest BCUT2D eigenvalue weighted by molar-refractivity contribution is -0.135. The Labute approximate surface area is 321 Å². The number of alkyl halides is 1. The van der Waals surface area contributed by atoms with Crippen LogP contribution in [0.5, 0.6) is 0 Å². The highest BCUT2D eigenvalue weighted by molar-refractivity contribution is 14.1. The Morgan fingerprint density at radius 2 is 1.75 bits per heavy atom. The molecule has 1 saturated carbocycles. The second-order valence-corrected chi connectivity index (χ2v) is 15.4. The summed E-state index contributed by atoms with van der Waals surface area (Å²) < 4.78 is 3.77. The monoisotopic (exact) mass is 832 g/mol. The first-order chi connectivity index (χ1) is 25.7. The average molecular weight is 833 g/mol. The maximum absolute atomic E-state index is 13.5. The van der Waals surface area contributed by atoms with E-state index in [1.165, 1.54) is 0 Å². The third-order valence-corrected chi connectivity index (χ3v) is 12.6. The summed E-state index contributed by atoms with van der Waals surface area (Å²) in [6.45, 7) is 8.02. The first-order valence-corrected chi connectivity index (χ1v) is 20.1. The highest BCUT2D eigenvalue weighted by atomic mass is 127. The van der Waals surface area contributed by atoms with Crippen LogP contribution in [-0.4, -0.2) is 94.9 Å². The number of aromatic nitrogens is 5. The average Bonchev–Trinajstić information content (AvgIpc) is 3.66. The number of carbonyl (C=O) groups excluding carboxylic acids is 2. The summed E-state index contributed by atoms with van der Waals surface area (Å²) >= 11 is 2.20. The number of allylic oxidation sites excluding steroid dienone is 1. The molecule has 2 aliphatic heterocycles. The fourth-order valence-electron chi connectivity index (χ4n) is 8.37. The number of anilines is 3. The van der Waals surface area contributed by atoms with E-state index < -0.39 is 5.60 Å². The number of nitrogens with one attached hydrogen (secondary N) is 3. The molecule has 15 heteroatoms. The molecular weight excluding hydrogens is 787 g/mol. The Kier molecular flexibility index (Phi) is 10.1. The molecular formula is C38H45IN10O4. The number of benzene rings is 1. The number of hydrogen-bond acceptors (Lipinski definition) is 11. The van der Waals surface area contributed by atoms with E-state index in [2.05, 4.69) is 72.0 Å². The van der Waals surface area contributed by atoms with Gasteiger partial charge in [-0.2, -0.15) is 4.98 Å². The minimum absolute atomic E-state index is 0.173. The van der Waals surface area contributed by atoms with Crippen molar-refractivity contribution in [1.29, 1.82) is 0 Å². The van der Waals surface area contributed by atoms with Crippen LogP contribution in [0.3, 0.4) is 0 Å². The molecule has 4 aliphatic rings. The van der Waals surface area contributed by atoms with Crippen molar-refractivity contribution in [2.24, 2.45) is 0 Å². The Hall–Kier alpha value is -4.19. The minimum Gasteiger partial charge on any atom is -0.383 e. The van der Waals surface area contributed by atoms with Crippen molar-refractivity contribution in [1.82, 2.24) is 39.8 Å². The predicted molar refractivity (Wildman–Crippen MR) is 211 cm³/mol. The van der Waals surface area contributed by atoms with Crippen molar-refractivity contribution in [3.8, 4) is 5.82 Å². The lowest BCUT2D eigenvalue weighted by atomic mass is 9.88. The van der Waals surface area contributed by atoms with E-state index in [0.29, 0.717) is 64.3 Å².